The maximum absolute atomic E-state index is 12.0. The third-order valence-electron chi connectivity index (χ3n) is 3.74. The molecule has 4 aromatic rings. The summed E-state index contributed by atoms with van der Waals surface area (Å²) in [6, 6.07) is 16.4. The molecular weight excluding hydrogens is 428 g/mol. The first-order valence-electron chi connectivity index (χ1n) is 8.50. The van der Waals surface area contributed by atoms with Gasteiger partial charge in [0.2, 0.25) is 11.9 Å². The van der Waals surface area contributed by atoms with E-state index >= 15 is 0 Å². The summed E-state index contributed by atoms with van der Waals surface area (Å²) in [7, 11) is 0. The number of nitrogens with zero attached hydrogens (tertiary/aromatic N) is 3. The Bertz CT molecular complexity index is 1200. The fraction of sp³-hybridized carbons (Fsp3) is 0.0526. The van der Waals surface area contributed by atoms with Crippen LogP contribution in [0, 0.1) is 0 Å². The molecule has 0 amide bonds. The minimum absolute atomic E-state index is 0.103. The number of aromatic nitrogens is 3. The van der Waals surface area contributed by atoms with Crippen LogP contribution < -0.4 is 16.6 Å². The van der Waals surface area contributed by atoms with Crippen LogP contribution in [0.4, 0.5) is 11.6 Å². The molecule has 0 bridgehead atoms. The monoisotopic (exact) mass is 442 g/mol. The van der Waals surface area contributed by atoms with Crippen LogP contribution in [0.2, 0.25) is 5.02 Å². The van der Waals surface area contributed by atoms with Gasteiger partial charge in [-0.05, 0) is 36.4 Å². The Labute approximate surface area is 179 Å². The van der Waals surface area contributed by atoms with Crippen molar-refractivity contribution in [2.24, 2.45) is 10.7 Å². The fourth-order valence-electron chi connectivity index (χ4n) is 2.49. The number of aromatic amines is 1. The number of halogens is 1. The second-order valence-electron chi connectivity index (χ2n) is 5.93. The van der Waals surface area contributed by atoms with Crippen LogP contribution in [-0.4, -0.2) is 20.9 Å². The molecule has 0 atom stereocenters. The van der Waals surface area contributed by atoms with Crippen LogP contribution in [-0.2, 0) is 5.75 Å². The SMILES string of the molecule is NC(=Nc1nc(CSc2nc3ccccc3s2)cc(=O)[nH]1)Nc1ccc(Cl)cc1. The number of aliphatic imine (C=N–C) groups is 1. The second kappa shape index (κ2) is 8.64. The molecule has 2 heterocycles. The van der Waals surface area contributed by atoms with Crippen LogP contribution >= 0.6 is 34.7 Å². The van der Waals surface area contributed by atoms with Gasteiger partial charge >= 0.3 is 0 Å². The molecule has 0 saturated heterocycles. The van der Waals surface area contributed by atoms with E-state index in [0.29, 0.717) is 16.5 Å². The van der Waals surface area contributed by atoms with E-state index < -0.39 is 0 Å². The molecule has 4 rings (SSSR count). The lowest BCUT2D eigenvalue weighted by Crippen LogP contribution is -2.22. The van der Waals surface area contributed by atoms with E-state index in [0.717, 1.165) is 20.2 Å². The first-order valence-corrected chi connectivity index (χ1v) is 10.7. The summed E-state index contributed by atoms with van der Waals surface area (Å²) in [5, 5.41) is 3.54. The van der Waals surface area contributed by atoms with Gasteiger partial charge in [-0.1, -0.05) is 35.5 Å². The first kappa shape index (κ1) is 19.4. The van der Waals surface area contributed by atoms with Gasteiger partial charge in [0, 0.05) is 22.5 Å². The van der Waals surface area contributed by atoms with E-state index in [2.05, 4.69) is 25.3 Å². The van der Waals surface area contributed by atoms with E-state index in [4.69, 9.17) is 17.3 Å². The summed E-state index contributed by atoms with van der Waals surface area (Å²) in [6.07, 6.45) is 0. The number of hydrogen-bond donors (Lipinski definition) is 3. The van der Waals surface area contributed by atoms with Crippen LogP contribution in [0.3, 0.4) is 0 Å². The van der Waals surface area contributed by atoms with Crippen LogP contribution in [0.15, 0.2) is 68.7 Å². The van der Waals surface area contributed by atoms with Crippen molar-refractivity contribution in [3.63, 3.8) is 0 Å². The largest absolute Gasteiger partial charge is 0.369 e. The molecule has 146 valence electrons. The van der Waals surface area contributed by atoms with Crippen molar-refractivity contribution in [2.75, 3.05) is 5.32 Å². The number of rotatable bonds is 5. The molecule has 0 aliphatic heterocycles. The Kier molecular flexibility index (Phi) is 5.79. The Balaban J connectivity index is 1.47. The molecule has 2 aromatic heterocycles. The highest BCUT2D eigenvalue weighted by molar-refractivity contribution is 8.00. The van der Waals surface area contributed by atoms with E-state index in [1.807, 2.05) is 24.3 Å². The number of thioether (sulfide) groups is 1. The highest BCUT2D eigenvalue weighted by Crippen LogP contribution is 2.30. The molecule has 0 unspecified atom stereocenters. The lowest BCUT2D eigenvalue weighted by Gasteiger charge is -2.05. The smallest absolute Gasteiger partial charge is 0.252 e. The number of thiazole rings is 1. The number of fused-ring (bicyclic) bond motifs is 1. The zero-order valence-electron chi connectivity index (χ0n) is 14.9. The number of anilines is 1. The van der Waals surface area contributed by atoms with Gasteiger partial charge in [-0.25, -0.2) is 9.97 Å². The van der Waals surface area contributed by atoms with E-state index in [1.54, 1.807) is 35.6 Å². The van der Waals surface area contributed by atoms with E-state index in [-0.39, 0.29) is 17.5 Å². The molecule has 0 fully saturated rings. The Hall–Kier alpha value is -2.88. The van der Waals surface area contributed by atoms with Crippen molar-refractivity contribution in [1.29, 1.82) is 0 Å². The minimum atomic E-state index is -0.294. The summed E-state index contributed by atoms with van der Waals surface area (Å²) in [5.41, 5.74) is 7.90. The molecular formula is C19H15ClN6OS2. The van der Waals surface area contributed by atoms with Crippen molar-refractivity contribution in [3.05, 3.63) is 75.7 Å². The van der Waals surface area contributed by atoms with Gasteiger partial charge in [-0.3, -0.25) is 9.78 Å². The van der Waals surface area contributed by atoms with E-state index in [1.165, 1.54) is 17.8 Å². The average Bonchev–Trinajstić information content (AvgIpc) is 3.11. The standard InChI is InChI=1S/C19H15ClN6OS2/c20-11-5-7-12(8-6-11)22-17(21)26-18-23-13(9-16(27)25-18)10-28-19-24-14-3-1-2-4-15(14)29-19/h1-9H,10H2,(H4,21,22,23,25,26,27). The highest BCUT2D eigenvalue weighted by Gasteiger charge is 2.07. The van der Waals surface area contributed by atoms with Crippen molar-refractivity contribution in [1.82, 2.24) is 15.0 Å². The number of guanidine groups is 1. The molecule has 4 N–H and O–H groups in total. The number of nitrogens with one attached hydrogen (secondary N) is 2. The number of nitrogens with two attached hydrogens (primary N) is 1. The van der Waals surface area contributed by atoms with E-state index in [9.17, 15) is 4.79 Å². The maximum Gasteiger partial charge on any atom is 0.252 e. The van der Waals surface area contributed by atoms with Crippen LogP contribution in [0.5, 0.6) is 0 Å². The topological polar surface area (TPSA) is 109 Å². The number of hydrogen-bond acceptors (Lipinski definition) is 6. The highest BCUT2D eigenvalue weighted by atomic mass is 35.5. The molecule has 10 heteroatoms. The average molecular weight is 443 g/mol. The summed E-state index contributed by atoms with van der Waals surface area (Å²) in [4.78, 5) is 27.6. The zero-order valence-corrected chi connectivity index (χ0v) is 17.3. The molecule has 0 spiro atoms. The normalized spacial score (nSPS) is 11.7. The Morgan fingerprint density at radius 2 is 2.00 bits per heavy atom. The third-order valence-corrected chi connectivity index (χ3v) is 6.21. The van der Waals surface area contributed by atoms with Gasteiger partial charge in [-0.15, -0.1) is 11.3 Å². The molecule has 0 aliphatic carbocycles. The van der Waals surface area contributed by atoms with Gasteiger partial charge in [0.25, 0.3) is 5.56 Å². The van der Waals surface area contributed by atoms with Crippen molar-refractivity contribution in [2.45, 2.75) is 10.1 Å². The molecule has 0 aliphatic rings. The fourth-order valence-corrected chi connectivity index (χ4v) is 4.58. The number of benzene rings is 2. The molecule has 7 nitrogen and oxygen atoms in total. The summed E-state index contributed by atoms with van der Waals surface area (Å²) < 4.78 is 2.04. The third kappa shape index (κ3) is 5.14. The quantitative estimate of drug-likeness (QED) is 0.240. The van der Waals surface area contributed by atoms with Gasteiger partial charge in [0.1, 0.15) is 0 Å². The van der Waals surface area contributed by atoms with Gasteiger partial charge < -0.3 is 11.1 Å². The Morgan fingerprint density at radius 3 is 2.79 bits per heavy atom. The molecule has 29 heavy (non-hydrogen) atoms. The van der Waals surface area contributed by atoms with Gasteiger partial charge in [-0.2, -0.15) is 4.99 Å². The first-order chi connectivity index (χ1) is 14.0. The second-order valence-corrected chi connectivity index (χ2v) is 8.61. The van der Waals surface area contributed by atoms with Crippen molar-refractivity contribution < 1.29 is 0 Å². The zero-order chi connectivity index (χ0) is 20.2. The molecule has 0 radical (unpaired) electrons. The van der Waals surface area contributed by atoms with Crippen molar-refractivity contribution in [3.8, 4) is 0 Å². The number of H-pyrrole nitrogens is 1. The van der Waals surface area contributed by atoms with Gasteiger partial charge in [0.05, 0.1) is 15.9 Å². The predicted octanol–water partition coefficient (Wildman–Crippen LogP) is 4.38. The lowest BCUT2D eigenvalue weighted by molar-refractivity contribution is 1.04. The van der Waals surface area contributed by atoms with Crippen LogP contribution in [0.25, 0.3) is 10.2 Å². The lowest BCUT2D eigenvalue weighted by atomic mass is 10.3. The van der Waals surface area contributed by atoms with Crippen LogP contribution in [0.1, 0.15) is 5.69 Å². The predicted molar refractivity (Wildman–Crippen MR) is 120 cm³/mol. The molecule has 0 saturated carbocycles. The summed E-state index contributed by atoms with van der Waals surface area (Å²) in [5.74, 6) is 0.736. The number of para-hydroxylation sites is 1. The molecule has 2 aromatic carbocycles. The van der Waals surface area contributed by atoms with Gasteiger partial charge in [0.15, 0.2) is 4.34 Å². The summed E-state index contributed by atoms with van der Waals surface area (Å²) >= 11 is 9.00. The minimum Gasteiger partial charge on any atom is -0.369 e. The summed E-state index contributed by atoms with van der Waals surface area (Å²) in [6.45, 7) is 0. The maximum atomic E-state index is 12.0. The van der Waals surface area contributed by atoms with Crippen molar-refractivity contribution >= 4 is 62.5 Å². The Morgan fingerprint density at radius 1 is 1.21 bits per heavy atom.